The summed E-state index contributed by atoms with van der Waals surface area (Å²) in [7, 11) is 1.57. The van der Waals surface area contributed by atoms with Crippen molar-refractivity contribution < 1.29 is 28.5 Å². The van der Waals surface area contributed by atoms with Crippen LogP contribution in [0.15, 0.2) is 48.5 Å². The van der Waals surface area contributed by atoms with E-state index in [2.05, 4.69) is 5.32 Å². The van der Waals surface area contributed by atoms with Gasteiger partial charge in [-0.25, -0.2) is 4.79 Å². The Bertz CT molecular complexity index is 812. The van der Waals surface area contributed by atoms with E-state index in [4.69, 9.17) is 18.9 Å². The number of rotatable bonds is 8. The molecule has 2 aromatic rings. The number of carbonyl (C=O) groups excluding carboxylic acids is 2. The maximum atomic E-state index is 12.3. The van der Waals surface area contributed by atoms with Gasteiger partial charge in [-0.3, -0.25) is 4.79 Å². The smallest absolute Gasteiger partial charge is 0.338 e. The van der Waals surface area contributed by atoms with E-state index in [9.17, 15) is 9.59 Å². The number of amides is 1. The fraction of sp³-hybridized carbons (Fsp3) is 0.364. The van der Waals surface area contributed by atoms with Crippen molar-refractivity contribution in [1.82, 2.24) is 0 Å². The van der Waals surface area contributed by atoms with Gasteiger partial charge in [-0.05, 0) is 68.3 Å². The standard InChI is InChI=1S/C22H25NO6/c1-15(21(24)23-17-7-11-18(26-2)12-8-17)29-22(25)16-5-9-19(10-6-16)28-14-20-4-3-13-27-20/h5-12,15,20H,3-4,13-14H2,1-2H3,(H,23,24)/t15-,20-/m0/s1. The first-order chi connectivity index (χ1) is 14.0. The molecule has 2 aromatic carbocycles. The minimum atomic E-state index is -0.944. The van der Waals surface area contributed by atoms with Gasteiger partial charge in [-0.15, -0.1) is 0 Å². The molecule has 0 unspecified atom stereocenters. The molecular formula is C22H25NO6. The summed E-state index contributed by atoms with van der Waals surface area (Å²) in [5.74, 6) is 0.348. The number of hydrogen-bond acceptors (Lipinski definition) is 6. The Morgan fingerprint density at radius 2 is 1.79 bits per heavy atom. The monoisotopic (exact) mass is 399 g/mol. The van der Waals surface area contributed by atoms with Crippen LogP contribution >= 0.6 is 0 Å². The number of esters is 1. The minimum Gasteiger partial charge on any atom is -0.497 e. The molecule has 0 saturated carbocycles. The van der Waals surface area contributed by atoms with Crippen molar-refractivity contribution in [1.29, 1.82) is 0 Å². The Kier molecular flexibility index (Phi) is 7.08. The first kappa shape index (κ1) is 20.7. The van der Waals surface area contributed by atoms with E-state index < -0.39 is 18.0 Å². The fourth-order valence-electron chi connectivity index (χ4n) is 2.85. The zero-order chi connectivity index (χ0) is 20.6. The van der Waals surface area contributed by atoms with Gasteiger partial charge in [0.15, 0.2) is 6.10 Å². The molecule has 1 aliphatic heterocycles. The highest BCUT2D eigenvalue weighted by Crippen LogP contribution is 2.18. The molecule has 0 spiro atoms. The third kappa shape index (κ3) is 5.96. The van der Waals surface area contributed by atoms with Gasteiger partial charge in [-0.2, -0.15) is 0 Å². The lowest BCUT2D eigenvalue weighted by Crippen LogP contribution is -2.30. The van der Waals surface area contributed by atoms with E-state index in [-0.39, 0.29) is 6.10 Å². The van der Waals surface area contributed by atoms with Crippen LogP contribution in [0, 0.1) is 0 Å². The van der Waals surface area contributed by atoms with Crippen molar-refractivity contribution in [3.63, 3.8) is 0 Å². The van der Waals surface area contributed by atoms with Crippen molar-refractivity contribution in [2.45, 2.75) is 32.0 Å². The maximum absolute atomic E-state index is 12.3. The van der Waals surface area contributed by atoms with Gasteiger partial charge >= 0.3 is 5.97 Å². The molecule has 7 nitrogen and oxygen atoms in total. The maximum Gasteiger partial charge on any atom is 0.338 e. The van der Waals surface area contributed by atoms with Crippen molar-refractivity contribution >= 4 is 17.6 Å². The second kappa shape index (κ2) is 9.93. The number of benzene rings is 2. The number of nitrogens with one attached hydrogen (secondary N) is 1. The SMILES string of the molecule is COc1ccc(NC(=O)[C@H](C)OC(=O)c2ccc(OC[C@@H]3CCCO3)cc2)cc1. The van der Waals surface area contributed by atoms with E-state index in [0.29, 0.717) is 29.4 Å². The molecule has 1 N–H and O–H groups in total. The fourth-order valence-corrected chi connectivity index (χ4v) is 2.85. The van der Waals surface area contributed by atoms with Crippen LogP contribution < -0.4 is 14.8 Å². The van der Waals surface area contributed by atoms with Crippen molar-refractivity contribution in [3.05, 3.63) is 54.1 Å². The second-order valence-corrected chi connectivity index (χ2v) is 6.74. The normalized spacial score (nSPS) is 16.7. The highest BCUT2D eigenvalue weighted by molar-refractivity contribution is 5.97. The summed E-state index contributed by atoms with van der Waals surface area (Å²) in [5, 5.41) is 2.70. The molecule has 154 valence electrons. The molecule has 3 rings (SSSR count). The molecular weight excluding hydrogens is 374 g/mol. The molecule has 1 fully saturated rings. The Balaban J connectivity index is 1.48. The first-order valence-electron chi connectivity index (χ1n) is 9.55. The van der Waals surface area contributed by atoms with Crippen LogP contribution in [0.4, 0.5) is 5.69 Å². The number of carbonyl (C=O) groups is 2. The molecule has 1 amide bonds. The van der Waals surface area contributed by atoms with Gasteiger partial charge < -0.3 is 24.3 Å². The van der Waals surface area contributed by atoms with Crippen LogP contribution in [0.2, 0.25) is 0 Å². The molecule has 2 atom stereocenters. The van der Waals surface area contributed by atoms with E-state index in [1.165, 1.54) is 6.92 Å². The Hall–Kier alpha value is -3.06. The average molecular weight is 399 g/mol. The highest BCUT2D eigenvalue weighted by Gasteiger charge is 2.20. The predicted molar refractivity (Wildman–Crippen MR) is 107 cm³/mol. The Labute approximate surface area is 169 Å². The first-order valence-corrected chi connectivity index (χ1v) is 9.55. The van der Waals surface area contributed by atoms with Crippen molar-refractivity contribution in [2.24, 2.45) is 0 Å². The molecule has 1 aliphatic rings. The lowest BCUT2D eigenvalue weighted by molar-refractivity contribution is -0.123. The molecule has 0 radical (unpaired) electrons. The molecule has 29 heavy (non-hydrogen) atoms. The van der Waals surface area contributed by atoms with E-state index in [1.54, 1.807) is 55.6 Å². The summed E-state index contributed by atoms with van der Waals surface area (Å²) >= 11 is 0. The molecule has 1 saturated heterocycles. The van der Waals surface area contributed by atoms with E-state index >= 15 is 0 Å². The van der Waals surface area contributed by atoms with Gasteiger partial charge in [0.25, 0.3) is 5.91 Å². The topological polar surface area (TPSA) is 83.1 Å². The quantitative estimate of drug-likeness (QED) is 0.685. The van der Waals surface area contributed by atoms with Crippen LogP contribution in [-0.4, -0.2) is 44.4 Å². The van der Waals surface area contributed by atoms with Gasteiger partial charge in [0.1, 0.15) is 18.1 Å². The van der Waals surface area contributed by atoms with Crippen LogP contribution in [0.25, 0.3) is 0 Å². The number of anilines is 1. The lowest BCUT2D eigenvalue weighted by Gasteiger charge is -2.14. The number of ether oxygens (including phenoxy) is 4. The Morgan fingerprint density at radius 1 is 1.10 bits per heavy atom. The summed E-state index contributed by atoms with van der Waals surface area (Å²) in [4.78, 5) is 24.5. The third-order valence-electron chi connectivity index (χ3n) is 4.56. The van der Waals surface area contributed by atoms with Gasteiger partial charge in [-0.1, -0.05) is 0 Å². The zero-order valence-corrected chi connectivity index (χ0v) is 16.6. The van der Waals surface area contributed by atoms with E-state index in [0.717, 1.165) is 19.4 Å². The molecule has 0 aromatic heterocycles. The molecule has 0 bridgehead atoms. The molecule has 0 aliphatic carbocycles. The summed E-state index contributed by atoms with van der Waals surface area (Å²) in [6, 6.07) is 13.5. The predicted octanol–water partition coefficient (Wildman–Crippen LogP) is 3.44. The largest absolute Gasteiger partial charge is 0.497 e. The van der Waals surface area contributed by atoms with Gasteiger partial charge in [0, 0.05) is 12.3 Å². The zero-order valence-electron chi connectivity index (χ0n) is 16.6. The average Bonchev–Trinajstić information content (AvgIpc) is 3.26. The summed E-state index contributed by atoms with van der Waals surface area (Å²) in [6.45, 7) is 2.80. The number of hydrogen-bond donors (Lipinski definition) is 1. The van der Waals surface area contributed by atoms with Gasteiger partial charge in [0.2, 0.25) is 0 Å². The highest BCUT2D eigenvalue weighted by atomic mass is 16.5. The van der Waals surface area contributed by atoms with Crippen molar-refractivity contribution in [3.8, 4) is 11.5 Å². The van der Waals surface area contributed by atoms with Crippen LogP contribution in [0.1, 0.15) is 30.1 Å². The minimum absolute atomic E-state index is 0.129. The second-order valence-electron chi connectivity index (χ2n) is 6.74. The summed E-state index contributed by atoms with van der Waals surface area (Å²) < 4.78 is 21.5. The summed E-state index contributed by atoms with van der Waals surface area (Å²) in [5.41, 5.74) is 0.935. The third-order valence-corrected chi connectivity index (χ3v) is 4.56. The summed E-state index contributed by atoms with van der Waals surface area (Å²) in [6.07, 6.45) is 1.24. The van der Waals surface area contributed by atoms with Crippen molar-refractivity contribution in [2.75, 3.05) is 25.6 Å². The van der Waals surface area contributed by atoms with Crippen LogP contribution in [-0.2, 0) is 14.3 Å². The van der Waals surface area contributed by atoms with Gasteiger partial charge in [0.05, 0.1) is 18.8 Å². The molecule has 1 heterocycles. The molecule has 7 heteroatoms. The van der Waals surface area contributed by atoms with E-state index in [1.807, 2.05) is 0 Å². The lowest BCUT2D eigenvalue weighted by atomic mass is 10.2. The van der Waals surface area contributed by atoms with Crippen LogP contribution in [0.3, 0.4) is 0 Å². The van der Waals surface area contributed by atoms with Crippen LogP contribution in [0.5, 0.6) is 11.5 Å². The Morgan fingerprint density at radius 3 is 2.41 bits per heavy atom. The number of methoxy groups -OCH3 is 1.